The zero-order chi connectivity index (χ0) is 32.6. The molecule has 0 saturated heterocycles. The van der Waals surface area contributed by atoms with Gasteiger partial charge >= 0.3 is 0 Å². The summed E-state index contributed by atoms with van der Waals surface area (Å²) in [6, 6.07) is 14.6. The number of hydrogen-bond acceptors (Lipinski definition) is 10. The van der Waals surface area contributed by atoms with Gasteiger partial charge in [0, 0.05) is 0 Å². The monoisotopic (exact) mass is 608 g/mol. The summed E-state index contributed by atoms with van der Waals surface area (Å²) in [7, 11) is 12.4. The summed E-state index contributed by atoms with van der Waals surface area (Å²) >= 11 is 0. The minimum Gasteiger partial charge on any atom is -0.502 e. The zero-order valence-corrected chi connectivity index (χ0v) is 26.8. The molecule has 0 heterocycles. The smallest absolute Gasteiger partial charge is 0.200 e. The Bertz CT molecular complexity index is 1430. The Morgan fingerprint density at radius 1 is 0.341 bits per heavy atom. The molecule has 10 heteroatoms. The summed E-state index contributed by atoms with van der Waals surface area (Å²) in [5, 5.41) is 20.0. The molecule has 10 nitrogen and oxygen atoms in total. The number of phenolic OH excluding ortho intramolecular Hbond substituents is 2. The van der Waals surface area contributed by atoms with Crippen LogP contribution in [0.4, 0.5) is 0 Å². The first-order valence-electron chi connectivity index (χ1n) is 13.5. The lowest BCUT2D eigenvalue weighted by molar-refractivity contribution is 0.340. The van der Waals surface area contributed by atoms with Crippen LogP contribution in [0.15, 0.2) is 48.5 Å². The van der Waals surface area contributed by atoms with Gasteiger partial charge in [-0.1, -0.05) is 0 Å². The lowest BCUT2D eigenvalue weighted by atomic mass is 9.99. The lowest BCUT2D eigenvalue weighted by Gasteiger charge is -2.15. The van der Waals surface area contributed by atoms with E-state index in [0.29, 0.717) is 46.0 Å². The van der Waals surface area contributed by atoms with Crippen LogP contribution in [-0.2, 0) is 0 Å². The van der Waals surface area contributed by atoms with Gasteiger partial charge in [-0.05, 0) is 95.8 Å². The molecule has 4 rings (SSSR count). The van der Waals surface area contributed by atoms with E-state index in [1.165, 1.54) is 28.4 Å². The molecule has 0 amide bonds. The standard InChI is InChI=1S/2C17H20O5/c2*1-10-6-13(19-2)14(20-3)9-12(10)11-7-15(21-4)17(18)16(8-11)22-5/h2*6-9,18H,1-5H3. The Hall–Kier alpha value is -5.12. The molecule has 0 spiro atoms. The normalized spacial score (nSPS) is 10.2. The molecule has 0 atom stereocenters. The lowest BCUT2D eigenvalue weighted by Crippen LogP contribution is -1.95. The molecule has 44 heavy (non-hydrogen) atoms. The summed E-state index contributed by atoms with van der Waals surface area (Å²) in [6.45, 7) is 3.95. The molecule has 0 fully saturated rings. The minimum absolute atomic E-state index is 0.0214. The first kappa shape index (κ1) is 33.4. The second-order valence-electron chi connectivity index (χ2n) is 9.50. The number of hydrogen-bond donors (Lipinski definition) is 2. The van der Waals surface area contributed by atoms with Crippen molar-refractivity contribution in [1.29, 1.82) is 0 Å². The predicted octanol–water partition coefficient (Wildman–Crippen LogP) is 6.80. The predicted molar refractivity (Wildman–Crippen MR) is 169 cm³/mol. The minimum atomic E-state index is -0.0214. The first-order valence-corrected chi connectivity index (χ1v) is 13.5. The Labute approximate surface area is 258 Å². The fraction of sp³-hybridized carbons (Fsp3) is 0.294. The van der Waals surface area contributed by atoms with Gasteiger partial charge in [-0.2, -0.15) is 0 Å². The topological polar surface area (TPSA) is 114 Å². The second-order valence-corrected chi connectivity index (χ2v) is 9.50. The van der Waals surface area contributed by atoms with E-state index in [1.807, 2.05) is 38.1 Å². The fourth-order valence-corrected chi connectivity index (χ4v) is 4.68. The van der Waals surface area contributed by atoms with E-state index in [0.717, 1.165) is 33.4 Å². The average Bonchev–Trinajstić information content (AvgIpc) is 3.05. The van der Waals surface area contributed by atoms with Crippen molar-refractivity contribution in [2.24, 2.45) is 0 Å². The highest BCUT2D eigenvalue weighted by atomic mass is 16.5. The van der Waals surface area contributed by atoms with Crippen LogP contribution in [0.3, 0.4) is 0 Å². The van der Waals surface area contributed by atoms with Crippen LogP contribution in [-0.4, -0.2) is 67.1 Å². The van der Waals surface area contributed by atoms with E-state index in [2.05, 4.69) is 0 Å². The van der Waals surface area contributed by atoms with Crippen LogP contribution in [0.2, 0.25) is 0 Å². The molecule has 236 valence electrons. The summed E-state index contributed by atoms with van der Waals surface area (Å²) in [5.41, 5.74) is 5.60. The van der Waals surface area contributed by atoms with Crippen molar-refractivity contribution in [1.82, 2.24) is 0 Å². The number of ether oxygens (including phenoxy) is 8. The van der Waals surface area contributed by atoms with Gasteiger partial charge in [0.2, 0.25) is 11.5 Å². The number of phenols is 2. The van der Waals surface area contributed by atoms with Gasteiger partial charge in [-0.3, -0.25) is 0 Å². The summed E-state index contributed by atoms with van der Waals surface area (Å²) < 4.78 is 42.1. The quantitative estimate of drug-likeness (QED) is 0.199. The molecule has 0 aliphatic rings. The molecule has 0 radical (unpaired) electrons. The van der Waals surface area contributed by atoms with Crippen molar-refractivity contribution in [2.75, 3.05) is 56.9 Å². The van der Waals surface area contributed by atoms with Crippen LogP contribution in [0, 0.1) is 13.8 Å². The number of rotatable bonds is 10. The summed E-state index contributed by atoms with van der Waals surface area (Å²) in [5.74, 6) is 3.96. The van der Waals surface area contributed by atoms with E-state index < -0.39 is 0 Å². The maximum Gasteiger partial charge on any atom is 0.200 e. The van der Waals surface area contributed by atoms with E-state index >= 15 is 0 Å². The third-order valence-electron chi connectivity index (χ3n) is 7.04. The van der Waals surface area contributed by atoms with Crippen LogP contribution < -0.4 is 37.9 Å². The molecule has 4 aromatic carbocycles. The van der Waals surface area contributed by atoms with Crippen molar-refractivity contribution in [2.45, 2.75) is 13.8 Å². The Balaban J connectivity index is 0.000000240. The Morgan fingerprint density at radius 2 is 0.568 bits per heavy atom. The Morgan fingerprint density at radius 3 is 0.795 bits per heavy atom. The van der Waals surface area contributed by atoms with Crippen LogP contribution in [0.25, 0.3) is 22.3 Å². The van der Waals surface area contributed by atoms with Gasteiger partial charge in [-0.25, -0.2) is 0 Å². The average molecular weight is 609 g/mol. The van der Waals surface area contributed by atoms with Gasteiger partial charge in [-0.15, -0.1) is 0 Å². The molecule has 0 saturated carbocycles. The van der Waals surface area contributed by atoms with Crippen molar-refractivity contribution in [3.63, 3.8) is 0 Å². The molecular formula is C34H40O10. The maximum atomic E-state index is 10.0. The van der Waals surface area contributed by atoms with Crippen molar-refractivity contribution < 1.29 is 48.1 Å². The molecule has 4 aromatic rings. The number of aryl methyl sites for hydroxylation is 2. The van der Waals surface area contributed by atoms with Gasteiger partial charge in [0.15, 0.2) is 46.0 Å². The molecule has 0 aromatic heterocycles. The number of benzene rings is 4. The van der Waals surface area contributed by atoms with Gasteiger partial charge < -0.3 is 48.1 Å². The number of methoxy groups -OCH3 is 8. The van der Waals surface area contributed by atoms with Crippen LogP contribution >= 0.6 is 0 Å². The SMILES string of the molecule is COc1cc(C)c(-c2cc(OC)c(O)c(OC)c2)cc1OC.COc1cc(C)c(-c2cc(OC)c(O)c(OC)c2)cc1OC. The zero-order valence-electron chi connectivity index (χ0n) is 26.8. The largest absolute Gasteiger partial charge is 0.502 e. The van der Waals surface area contributed by atoms with Crippen LogP contribution in [0.1, 0.15) is 11.1 Å². The first-order chi connectivity index (χ1) is 21.1. The molecule has 2 N–H and O–H groups in total. The highest BCUT2D eigenvalue weighted by molar-refractivity contribution is 5.76. The highest BCUT2D eigenvalue weighted by Gasteiger charge is 2.17. The maximum absolute atomic E-state index is 10.0. The molecule has 0 bridgehead atoms. The van der Waals surface area contributed by atoms with Crippen molar-refractivity contribution in [3.05, 3.63) is 59.7 Å². The van der Waals surface area contributed by atoms with Gasteiger partial charge in [0.25, 0.3) is 0 Å². The van der Waals surface area contributed by atoms with E-state index in [9.17, 15) is 10.2 Å². The molecular weight excluding hydrogens is 568 g/mol. The van der Waals surface area contributed by atoms with Crippen LogP contribution in [0.5, 0.6) is 57.5 Å². The third kappa shape index (κ3) is 6.91. The van der Waals surface area contributed by atoms with Crippen molar-refractivity contribution >= 4 is 0 Å². The Kier molecular flexibility index (Phi) is 11.3. The van der Waals surface area contributed by atoms with E-state index in [-0.39, 0.29) is 11.5 Å². The van der Waals surface area contributed by atoms with Gasteiger partial charge in [0.05, 0.1) is 56.9 Å². The molecule has 0 unspecified atom stereocenters. The fourth-order valence-electron chi connectivity index (χ4n) is 4.68. The van der Waals surface area contributed by atoms with E-state index in [4.69, 9.17) is 37.9 Å². The van der Waals surface area contributed by atoms with Crippen molar-refractivity contribution in [3.8, 4) is 79.7 Å². The summed E-state index contributed by atoms with van der Waals surface area (Å²) in [6.07, 6.45) is 0. The second kappa shape index (κ2) is 14.9. The number of aromatic hydroxyl groups is 2. The molecule has 0 aliphatic heterocycles. The summed E-state index contributed by atoms with van der Waals surface area (Å²) in [4.78, 5) is 0. The third-order valence-corrected chi connectivity index (χ3v) is 7.04. The van der Waals surface area contributed by atoms with Gasteiger partial charge in [0.1, 0.15) is 0 Å². The van der Waals surface area contributed by atoms with E-state index in [1.54, 1.807) is 52.7 Å². The highest BCUT2D eigenvalue weighted by Crippen LogP contribution is 2.44. The molecule has 0 aliphatic carbocycles.